The number of aliphatic hydroxyl groups excluding tert-OH is 1. The third-order valence-corrected chi connectivity index (χ3v) is 4.97. The number of likely N-dealkylation sites (N-methyl/N-ethyl adjacent to an activating group) is 1. The van der Waals surface area contributed by atoms with E-state index in [9.17, 15) is 5.11 Å². The van der Waals surface area contributed by atoms with E-state index in [0.29, 0.717) is 0 Å². The number of thiophene rings is 1. The van der Waals surface area contributed by atoms with Gasteiger partial charge in [-0.2, -0.15) is 0 Å². The molecule has 0 saturated carbocycles. The molecule has 1 N–H and O–H groups in total. The SMILES string of the molecule is CN(C)[C@H]1CN(Cc2csc3ccccc23)C[C@@H]1O. The lowest BCUT2D eigenvalue weighted by Crippen LogP contribution is -2.37. The van der Waals surface area contributed by atoms with Crippen molar-refractivity contribution in [3.8, 4) is 0 Å². The van der Waals surface area contributed by atoms with Gasteiger partial charge in [-0.25, -0.2) is 0 Å². The summed E-state index contributed by atoms with van der Waals surface area (Å²) in [6, 6.07) is 8.80. The lowest BCUT2D eigenvalue weighted by Gasteiger charge is -2.21. The third-order valence-electron chi connectivity index (χ3n) is 3.95. The Morgan fingerprint density at radius 3 is 2.84 bits per heavy atom. The summed E-state index contributed by atoms with van der Waals surface area (Å²) in [5, 5.41) is 13.7. The molecule has 0 amide bonds. The van der Waals surface area contributed by atoms with Gasteiger partial charge in [0.2, 0.25) is 0 Å². The first-order valence-electron chi connectivity index (χ1n) is 6.67. The molecule has 1 aromatic heterocycles. The second kappa shape index (κ2) is 5.21. The Morgan fingerprint density at radius 2 is 2.11 bits per heavy atom. The Labute approximate surface area is 118 Å². The minimum absolute atomic E-state index is 0.236. The van der Waals surface area contributed by atoms with Crippen LogP contribution in [0.2, 0.25) is 0 Å². The number of hydrogen-bond acceptors (Lipinski definition) is 4. The van der Waals surface area contributed by atoms with E-state index in [-0.39, 0.29) is 12.1 Å². The summed E-state index contributed by atoms with van der Waals surface area (Å²) in [5.74, 6) is 0. The molecular weight excluding hydrogens is 256 g/mol. The van der Waals surface area contributed by atoms with Crippen molar-refractivity contribution in [1.29, 1.82) is 0 Å². The van der Waals surface area contributed by atoms with Crippen molar-refractivity contribution in [1.82, 2.24) is 9.80 Å². The fourth-order valence-corrected chi connectivity index (χ4v) is 3.83. The predicted octanol–water partition coefficient (Wildman–Crippen LogP) is 2.01. The average molecular weight is 276 g/mol. The van der Waals surface area contributed by atoms with Gasteiger partial charge in [-0.05, 0) is 36.5 Å². The van der Waals surface area contributed by atoms with E-state index >= 15 is 0 Å². The van der Waals surface area contributed by atoms with Crippen LogP contribution in [0.5, 0.6) is 0 Å². The largest absolute Gasteiger partial charge is 0.390 e. The van der Waals surface area contributed by atoms with E-state index in [1.54, 1.807) is 11.3 Å². The number of β-amino-alcohol motifs (C(OH)–C–C–N with tert-alkyl or cyclic N) is 1. The van der Waals surface area contributed by atoms with Gasteiger partial charge in [0.1, 0.15) is 0 Å². The Balaban J connectivity index is 1.76. The van der Waals surface area contributed by atoms with Crippen LogP contribution in [0, 0.1) is 0 Å². The van der Waals surface area contributed by atoms with E-state index in [1.807, 2.05) is 14.1 Å². The molecule has 0 spiro atoms. The summed E-state index contributed by atoms with van der Waals surface area (Å²) in [5.41, 5.74) is 1.38. The van der Waals surface area contributed by atoms with Gasteiger partial charge < -0.3 is 10.0 Å². The van der Waals surface area contributed by atoms with Gasteiger partial charge in [-0.15, -0.1) is 11.3 Å². The van der Waals surface area contributed by atoms with Crippen molar-refractivity contribution >= 4 is 21.4 Å². The van der Waals surface area contributed by atoms with E-state index in [1.165, 1.54) is 15.6 Å². The van der Waals surface area contributed by atoms with Crippen molar-refractivity contribution in [2.75, 3.05) is 27.2 Å². The van der Waals surface area contributed by atoms with Gasteiger partial charge in [-0.3, -0.25) is 4.90 Å². The van der Waals surface area contributed by atoms with Crippen LogP contribution in [0.3, 0.4) is 0 Å². The quantitative estimate of drug-likeness (QED) is 0.929. The standard InChI is InChI=1S/C15H20N2OS/c1-16(2)13-8-17(9-14(13)18)7-11-10-19-15-6-4-3-5-12(11)15/h3-6,10,13-14,18H,7-9H2,1-2H3/t13-,14-/m0/s1. The van der Waals surface area contributed by atoms with E-state index in [4.69, 9.17) is 0 Å². The van der Waals surface area contributed by atoms with Crippen molar-refractivity contribution in [2.45, 2.75) is 18.7 Å². The maximum Gasteiger partial charge on any atom is 0.0834 e. The zero-order valence-electron chi connectivity index (χ0n) is 11.4. The zero-order chi connectivity index (χ0) is 13.4. The second-order valence-electron chi connectivity index (χ2n) is 5.55. The zero-order valence-corrected chi connectivity index (χ0v) is 12.2. The number of nitrogens with zero attached hydrogens (tertiary/aromatic N) is 2. The van der Waals surface area contributed by atoms with Gasteiger partial charge in [0, 0.05) is 30.4 Å². The molecule has 3 rings (SSSR count). The molecule has 102 valence electrons. The molecule has 0 radical (unpaired) electrons. The molecule has 2 heterocycles. The molecule has 3 nitrogen and oxygen atoms in total. The van der Waals surface area contributed by atoms with Crippen LogP contribution in [0.1, 0.15) is 5.56 Å². The van der Waals surface area contributed by atoms with Gasteiger partial charge in [0.25, 0.3) is 0 Å². The smallest absolute Gasteiger partial charge is 0.0834 e. The number of fused-ring (bicyclic) bond motifs is 1. The van der Waals surface area contributed by atoms with Crippen molar-refractivity contribution in [3.63, 3.8) is 0 Å². The van der Waals surface area contributed by atoms with Crippen LogP contribution in [0.25, 0.3) is 10.1 Å². The van der Waals surface area contributed by atoms with E-state index in [2.05, 4.69) is 39.4 Å². The van der Waals surface area contributed by atoms with Crippen LogP contribution in [0.15, 0.2) is 29.6 Å². The lowest BCUT2D eigenvalue weighted by molar-refractivity contribution is 0.112. The van der Waals surface area contributed by atoms with Crippen LogP contribution in [-0.4, -0.2) is 54.2 Å². The van der Waals surface area contributed by atoms with Crippen LogP contribution >= 0.6 is 11.3 Å². The highest BCUT2D eigenvalue weighted by Crippen LogP contribution is 2.28. The maximum atomic E-state index is 10.1. The van der Waals surface area contributed by atoms with Crippen LogP contribution < -0.4 is 0 Å². The van der Waals surface area contributed by atoms with Crippen molar-refractivity contribution in [3.05, 3.63) is 35.2 Å². The highest BCUT2D eigenvalue weighted by Gasteiger charge is 2.32. The highest BCUT2D eigenvalue weighted by atomic mass is 32.1. The lowest BCUT2D eigenvalue weighted by atomic mass is 10.2. The summed E-state index contributed by atoms with van der Waals surface area (Å²) in [6.07, 6.45) is -0.236. The molecule has 1 aliphatic rings. The normalized spacial score (nSPS) is 24.6. The Kier molecular flexibility index (Phi) is 3.58. The molecule has 1 saturated heterocycles. The van der Waals surface area contributed by atoms with Crippen molar-refractivity contribution < 1.29 is 5.11 Å². The highest BCUT2D eigenvalue weighted by molar-refractivity contribution is 7.17. The summed E-state index contributed by atoms with van der Waals surface area (Å²) in [4.78, 5) is 4.47. The molecule has 2 atom stereocenters. The summed E-state index contributed by atoms with van der Waals surface area (Å²) in [7, 11) is 4.08. The summed E-state index contributed by atoms with van der Waals surface area (Å²) >= 11 is 1.81. The first-order valence-corrected chi connectivity index (χ1v) is 7.55. The Morgan fingerprint density at radius 1 is 1.32 bits per heavy atom. The monoisotopic (exact) mass is 276 g/mol. The number of likely N-dealkylation sites (tertiary alicyclic amines) is 1. The number of rotatable bonds is 3. The Bertz CT molecular complexity index is 566. The molecule has 1 aromatic carbocycles. The fraction of sp³-hybridized carbons (Fsp3) is 0.467. The molecule has 1 fully saturated rings. The number of hydrogen-bond donors (Lipinski definition) is 1. The summed E-state index contributed by atoms with van der Waals surface area (Å²) in [6.45, 7) is 2.65. The topological polar surface area (TPSA) is 26.7 Å². The predicted molar refractivity (Wildman–Crippen MR) is 80.6 cm³/mol. The maximum absolute atomic E-state index is 10.1. The number of benzene rings is 1. The van der Waals surface area contributed by atoms with E-state index < -0.39 is 0 Å². The van der Waals surface area contributed by atoms with Gasteiger partial charge >= 0.3 is 0 Å². The molecule has 19 heavy (non-hydrogen) atoms. The second-order valence-corrected chi connectivity index (χ2v) is 6.46. The van der Waals surface area contributed by atoms with E-state index in [0.717, 1.165) is 19.6 Å². The number of aliphatic hydroxyl groups is 1. The molecule has 0 bridgehead atoms. The van der Waals surface area contributed by atoms with Gasteiger partial charge in [0.05, 0.1) is 6.10 Å². The van der Waals surface area contributed by atoms with Crippen LogP contribution in [-0.2, 0) is 6.54 Å². The fourth-order valence-electron chi connectivity index (χ4n) is 2.88. The first kappa shape index (κ1) is 13.1. The Hall–Kier alpha value is -0.940. The minimum Gasteiger partial charge on any atom is -0.390 e. The van der Waals surface area contributed by atoms with Crippen LogP contribution in [0.4, 0.5) is 0 Å². The molecule has 0 unspecified atom stereocenters. The molecule has 2 aromatic rings. The van der Waals surface area contributed by atoms with Crippen molar-refractivity contribution in [2.24, 2.45) is 0 Å². The third kappa shape index (κ3) is 2.54. The minimum atomic E-state index is -0.236. The van der Waals surface area contributed by atoms with Gasteiger partial charge in [-0.1, -0.05) is 18.2 Å². The average Bonchev–Trinajstić information content (AvgIpc) is 2.95. The summed E-state index contributed by atoms with van der Waals surface area (Å²) < 4.78 is 1.35. The van der Waals surface area contributed by atoms with Gasteiger partial charge in [0.15, 0.2) is 0 Å². The molecule has 0 aliphatic carbocycles. The first-order chi connectivity index (χ1) is 9.15. The molecule has 1 aliphatic heterocycles. The molecular formula is C15H20N2OS. The molecule has 4 heteroatoms.